The second-order valence-electron chi connectivity index (χ2n) is 8.59. The van der Waals surface area contributed by atoms with Crippen molar-refractivity contribution in [3.8, 4) is 11.1 Å². The molecule has 0 aliphatic carbocycles. The van der Waals surface area contributed by atoms with Gasteiger partial charge in [0.05, 0.1) is 13.2 Å². The molecule has 0 spiro atoms. The number of carbonyl (C=O) groups excluding carboxylic acids is 1. The van der Waals surface area contributed by atoms with Gasteiger partial charge in [-0.05, 0) is 53.6 Å². The van der Waals surface area contributed by atoms with Crippen molar-refractivity contribution in [1.29, 1.82) is 0 Å². The maximum absolute atomic E-state index is 13.2. The number of aromatic nitrogens is 1. The molecule has 1 fully saturated rings. The van der Waals surface area contributed by atoms with Crippen LogP contribution in [-0.4, -0.2) is 62.2 Å². The molecule has 1 saturated heterocycles. The molecule has 7 nitrogen and oxygen atoms in total. The van der Waals surface area contributed by atoms with Crippen LogP contribution in [0.3, 0.4) is 0 Å². The van der Waals surface area contributed by atoms with Gasteiger partial charge in [0.1, 0.15) is 11.3 Å². The molecule has 0 atom stereocenters. The van der Waals surface area contributed by atoms with E-state index in [0.29, 0.717) is 28.4 Å². The van der Waals surface area contributed by atoms with Crippen LogP contribution in [0.15, 0.2) is 71.1 Å². The van der Waals surface area contributed by atoms with Crippen molar-refractivity contribution in [2.75, 3.05) is 56.7 Å². The van der Waals surface area contributed by atoms with Gasteiger partial charge in [-0.15, -0.1) is 0 Å². The van der Waals surface area contributed by atoms with Gasteiger partial charge in [-0.2, -0.15) is 4.98 Å². The molecule has 3 aromatic carbocycles. The Labute approximate surface area is 203 Å². The summed E-state index contributed by atoms with van der Waals surface area (Å²) in [6.07, 6.45) is 0. The Balaban J connectivity index is 1.22. The van der Waals surface area contributed by atoms with Gasteiger partial charge in [-0.3, -0.25) is 9.69 Å². The standard InChI is InChI=1S/C27H27FN4O3/c1-31(12-13-32-14-16-34-17-15-32)27-30-24-18-23(10-11-25(24)35-27)29-26(33)21-4-2-19(3-5-21)20-6-8-22(28)9-7-20/h2-11,18H,12-17H2,1H3,(H,29,33). The van der Waals surface area contributed by atoms with Crippen LogP contribution in [0.4, 0.5) is 16.1 Å². The molecular weight excluding hydrogens is 447 g/mol. The quantitative estimate of drug-likeness (QED) is 0.420. The molecule has 180 valence electrons. The minimum absolute atomic E-state index is 0.221. The molecule has 2 heterocycles. The zero-order chi connectivity index (χ0) is 24.2. The summed E-state index contributed by atoms with van der Waals surface area (Å²) in [4.78, 5) is 21.7. The normalized spacial score (nSPS) is 14.2. The Bertz CT molecular complexity index is 1300. The zero-order valence-electron chi connectivity index (χ0n) is 19.5. The van der Waals surface area contributed by atoms with Gasteiger partial charge in [0.2, 0.25) is 0 Å². The van der Waals surface area contributed by atoms with E-state index in [4.69, 9.17) is 9.15 Å². The number of fused-ring (bicyclic) bond motifs is 1. The molecular formula is C27H27FN4O3. The molecule has 1 N–H and O–H groups in total. The highest BCUT2D eigenvalue weighted by molar-refractivity contribution is 6.05. The summed E-state index contributed by atoms with van der Waals surface area (Å²) in [6, 6.07) is 19.4. The number of benzene rings is 3. The number of morpholine rings is 1. The van der Waals surface area contributed by atoms with Crippen molar-refractivity contribution in [3.63, 3.8) is 0 Å². The van der Waals surface area contributed by atoms with Crippen molar-refractivity contribution in [3.05, 3.63) is 78.1 Å². The first-order valence-electron chi connectivity index (χ1n) is 11.6. The average Bonchev–Trinajstić information content (AvgIpc) is 3.32. The van der Waals surface area contributed by atoms with Crippen LogP contribution in [0.2, 0.25) is 0 Å². The van der Waals surface area contributed by atoms with Crippen LogP contribution >= 0.6 is 0 Å². The fraction of sp³-hybridized carbons (Fsp3) is 0.259. The lowest BCUT2D eigenvalue weighted by atomic mass is 10.0. The van der Waals surface area contributed by atoms with Crippen molar-refractivity contribution in [2.45, 2.75) is 0 Å². The van der Waals surface area contributed by atoms with Crippen LogP contribution in [0.1, 0.15) is 10.4 Å². The summed E-state index contributed by atoms with van der Waals surface area (Å²) < 4.78 is 24.5. The number of anilines is 2. The van der Waals surface area contributed by atoms with E-state index < -0.39 is 0 Å². The number of amides is 1. The minimum Gasteiger partial charge on any atom is -0.423 e. The average molecular weight is 475 g/mol. The van der Waals surface area contributed by atoms with Crippen LogP contribution < -0.4 is 10.2 Å². The predicted octanol–water partition coefficient (Wildman–Crippen LogP) is 4.65. The third-order valence-corrected chi connectivity index (χ3v) is 6.14. The summed E-state index contributed by atoms with van der Waals surface area (Å²) in [5, 5.41) is 2.92. The molecule has 1 aliphatic heterocycles. The fourth-order valence-electron chi connectivity index (χ4n) is 4.03. The maximum Gasteiger partial charge on any atom is 0.298 e. The molecule has 0 unspecified atom stereocenters. The summed E-state index contributed by atoms with van der Waals surface area (Å²) in [6.45, 7) is 5.15. The summed E-state index contributed by atoms with van der Waals surface area (Å²) in [5.74, 6) is -0.498. The fourth-order valence-corrected chi connectivity index (χ4v) is 4.03. The van der Waals surface area contributed by atoms with E-state index in [0.717, 1.165) is 50.5 Å². The summed E-state index contributed by atoms with van der Waals surface area (Å²) in [5.41, 5.74) is 4.32. The molecule has 1 aromatic heterocycles. The van der Waals surface area contributed by atoms with E-state index in [1.54, 1.807) is 30.3 Å². The molecule has 0 bridgehead atoms. The van der Waals surface area contributed by atoms with Crippen LogP contribution in [0.5, 0.6) is 0 Å². The monoisotopic (exact) mass is 474 g/mol. The molecule has 35 heavy (non-hydrogen) atoms. The molecule has 1 amide bonds. The van der Waals surface area contributed by atoms with Gasteiger partial charge in [-0.1, -0.05) is 24.3 Å². The van der Waals surface area contributed by atoms with Crippen LogP contribution in [0.25, 0.3) is 22.2 Å². The molecule has 1 aliphatic rings. The molecule has 4 aromatic rings. The van der Waals surface area contributed by atoms with Gasteiger partial charge in [0.25, 0.3) is 11.9 Å². The predicted molar refractivity (Wildman–Crippen MR) is 134 cm³/mol. The molecule has 8 heteroatoms. The Morgan fingerprint density at radius 2 is 1.71 bits per heavy atom. The van der Waals surface area contributed by atoms with Crippen molar-refractivity contribution >= 4 is 28.7 Å². The second kappa shape index (κ2) is 10.2. The Morgan fingerprint density at radius 1 is 1.03 bits per heavy atom. The molecule has 0 radical (unpaired) electrons. The van der Waals surface area contributed by atoms with Gasteiger partial charge >= 0.3 is 0 Å². The number of nitrogens with zero attached hydrogens (tertiary/aromatic N) is 3. The first-order chi connectivity index (χ1) is 17.0. The third kappa shape index (κ3) is 5.50. The van der Waals surface area contributed by atoms with E-state index in [-0.39, 0.29) is 11.7 Å². The minimum atomic E-state index is -0.277. The van der Waals surface area contributed by atoms with E-state index in [1.807, 2.05) is 36.2 Å². The highest BCUT2D eigenvalue weighted by Crippen LogP contribution is 2.25. The number of halogens is 1. The number of rotatable bonds is 7. The van der Waals surface area contributed by atoms with Crippen molar-refractivity contribution < 1.29 is 18.3 Å². The lowest BCUT2D eigenvalue weighted by Gasteiger charge is -2.28. The number of likely N-dealkylation sites (N-methyl/N-ethyl adjacent to an activating group) is 1. The van der Waals surface area contributed by atoms with Crippen LogP contribution in [0, 0.1) is 5.82 Å². The summed E-state index contributed by atoms with van der Waals surface area (Å²) >= 11 is 0. The summed E-state index contributed by atoms with van der Waals surface area (Å²) in [7, 11) is 1.96. The number of nitrogens with one attached hydrogen (secondary N) is 1. The lowest BCUT2D eigenvalue weighted by Crippen LogP contribution is -2.40. The first-order valence-corrected chi connectivity index (χ1v) is 11.6. The largest absolute Gasteiger partial charge is 0.423 e. The van der Waals surface area contributed by atoms with E-state index in [1.165, 1.54) is 12.1 Å². The number of hydrogen-bond donors (Lipinski definition) is 1. The first kappa shape index (κ1) is 23.0. The van der Waals surface area contributed by atoms with Gasteiger partial charge in [0.15, 0.2) is 5.58 Å². The maximum atomic E-state index is 13.2. The molecule has 5 rings (SSSR count). The third-order valence-electron chi connectivity index (χ3n) is 6.14. The number of hydrogen-bond acceptors (Lipinski definition) is 6. The van der Waals surface area contributed by atoms with Crippen molar-refractivity contribution in [1.82, 2.24) is 9.88 Å². The van der Waals surface area contributed by atoms with E-state index in [2.05, 4.69) is 15.2 Å². The topological polar surface area (TPSA) is 70.8 Å². The zero-order valence-corrected chi connectivity index (χ0v) is 19.5. The lowest BCUT2D eigenvalue weighted by molar-refractivity contribution is 0.0392. The highest BCUT2D eigenvalue weighted by atomic mass is 19.1. The smallest absolute Gasteiger partial charge is 0.298 e. The van der Waals surface area contributed by atoms with Gasteiger partial charge in [-0.25, -0.2) is 4.39 Å². The van der Waals surface area contributed by atoms with Gasteiger partial charge in [0, 0.05) is 44.5 Å². The Kier molecular flexibility index (Phi) is 6.74. The second-order valence-corrected chi connectivity index (χ2v) is 8.59. The van der Waals surface area contributed by atoms with Crippen molar-refractivity contribution in [2.24, 2.45) is 0 Å². The highest BCUT2D eigenvalue weighted by Gasteiger charge is 2.15. The Morgan fingerprint density at radius 3 is 2.43 bits per heavy atom. The van der Waals surface area contributed by atoms with Gasteiger partial charge < -0.3 is 19.4 Å². The van der Waals surface area contributed by atoms with E-state index >= 15 is 0 Å². The Hall–Kier alpha value is -3.75. The number of oxazole rings is 1. The van der Waals surface area contributed by atoms with Crippen LogP contribution in [-0.2, 0) is 4.74 Å². The molecule has 0 saturated carbocycles. The number of carbonyl (C=O) groups is 1. The SMILES string of the molecule is CN(CCN1CCOCC1)c1nc2cc(NC(=O)c3ccc(-c4ccc(F)cc4)cc3)ccc2o1. The van der Waals surface area contributed by atoms with E-state index in [9.17, 15) is 9.18 Å². The number of ether oxygens (including phenoxy) is 1.